The van der Waals surface area contributed by atoms with Crippen molar-refractivity contribution in [2.24, 2.45) is 0 Å². The van der Waals surface area contributed by atoms with E-state index < -0.39 is 16.8 Å². The van der Waals surface area contributed by atoms with Gasteiger partial charge >= 0.3 is 0 Å². The molecule has 1 aromatic heterocycles. The first-order valence-electron chi connectivity index (χ1n) is 8.92. The number of rotatable bonds is 4. The molecule has 0 bridgehead atoms. The number of benzene rings is 2. The lowest BCUT2D eigenvalue weighted by atomic mass is 10.0. The maximum atomic E-state index is 13.1. The SMILES string of the molecule is O=C(Nc1ccc(F)cn1)c1ccc(S(=O)N2CCCc3ccccc32)cc1. The van der Waals surface area contributed by atoms with Gasteiger partial charge in [0.25, 0.3) is 5.91 Å². The minimum absolute atomic E-state index is 0.268. The Hall–Kier alpha value is -3.06. The van der Waals surface area contributed by atoms with E-state index in [0.29, 0.717) is 10.5 Å². The van der Waals surface area contributed by atoms with E-state index in [1.807, 2.05) is 22.5 Å². The summed E-state index contributed by atoms with van der Waals surface area (Å²) in [5, 5.41) is 2.61. The molecule has 4 rings (SSSR count). The second kappa shape index (κ2) is 7.90. The van der Waals surface area contributed by atoms with E-state index in [1.165, 1.54) is 17.7 Å². The van der Waals surface area contributed by atoms with Crippen LogP contribution in [0.15, 0.2) is 71.8 Å². The van der Waals surface area contributed by atoms with Crippen LogP contribution in [0.25, 0.3) is 0 Å². The van der Waals surface area contributed by atoms with Crippen molar-refractivity contribution in [1.29, 1.82) is 0 Å². The van der Waals surface area contributed by atoms with E-state index in [2.05, 4.69) is 16.4 Å². The maximum Gasteiger partial charge on any atom is 0.256 e. The number of nitrogens with one attached hydrogen (secondary N) is 1. The molecular weight excluding hydrogens is 377 g/mol. The third-order valence-corrected chi connectivity index (χ3v) is 6.01. The Kier molecular flexibility index (Phi) is 5.16. The van der Waals surface area contributed by atoms with Crippen LogP contribution in [0.2, 0.25) is 0 Å². The molecule has 0 saturated heterocycles. The summed E-state index contributed by atoms with van der Waals surface area (Å²) in [5.74, 6) is -0.562. The quantitative estimate of drug-likeness (QED) is 0.728. The fraction of sp³-hybridized carbons (Fsp3) is 0.143. The number of para-hydroxylation sites is 1. The van der Waals surface area contributed by atoms with Crippen LogP contribution in [-0.2, 0) is 17.4 Å². The number of fused-ring (bicyclic) bond motifs is 1. The van der Waals surface area contributed by atoms with Crippen molar-refractivity contribution in [1.82, 2.24) is 4.98 Å². The highest BCUT2D eigenvalue weighted by atomic mass is 32.2. The molecule has 1 unspecified atom stereocenters. The largest absolute Gasteiger partial charge is 0.307 e. The minimum Gasteiger partial charge on any atom is -0.307 e. The molecular formula is C21H18FN3O2S. The lowest BCUT2D eigenvalue weighted by Crippen LogP contribution is -2.31. The number of aryl methyl sites for hydroxylation is 1. The molecule has 142 valence electrons. The van der Waals surface area contributed by atoms with Gasteiger partial charge in [-0.15, -0.1) is 0 Å². The number of nitrogens with zero attached hydrogens (tertiary/aromatic N) is 2. The number of amides is 1. The molecule has 1 amide bonds. The van der Waals surface area contributed by atoms with Gasteiger partial charge in [-0.1, -0.05) is 18.2 Å². The highest BCUT2D eigenvalue weighted by Gasteiger charge is 2.22. The van der Waals surface area contributed by atoms with E-state index in [9.17, 15) is 13.4 Å². The number of halogens is 1. The molecule has 1 N–H and O–H groups in total. The van der Waals surface area contributed by atoms with Crippen LogP contribution in [0.3, 0.4) is 0 Å². The summed E-state index contributed by atoms with van der Waals surface area (Å²) in [6.45, 7) is 0.724. The van der Waals surface area contributed by atoms with Crippen molar-refractivity contribution >= 4 is 28.4 Å². The van der Waals surface area contributed by atoms with Gasteiger partial charge in [-0.05, 0) is 60.9 Å². The van der Waals surface area contributed by atoms with Crippen LogP contribution < -0.4 is 9.62 Å². The summed E-state index contributed by atoms with van der Waals surface area (Å²) in [7, 11) is -1.35. The molecule has 1 aliphatic heterocycles. The lowest BCUT2D eigenvalue weighted by molar-refractivity contribution is 0.102. The third kappa shape index (κ3) is 3.80. The highest BCUT2D eigenvalue weighted by Crippen LogP contribution is 2.30. The number of anilines is 2. The predicted octanol–water partition coefficient (Wildman–Crippen LogP) is 3.95. The smallest absolute Gasteiger partial charge is 0.256 e. The van der Waals surface area contributed by atoms with Crippen molar-refractivity contribution in [2.45, 2.75) is 17.7 Å². The van der Waals surface area contributed by atoms with Crippen LogP contribution in [-0.4, -0.2) is 21.6 Å². The number of carbonyl (C=O) groups is 1. The Labute approximate surface area is 164 Å². The van der Waals surface area contributed by atoms with E-state index >= 15 is 0 Å². The van der Waals surface area contributed by atoms with Gasteiger partial charge in [0, 0.05) is 12.1 Å². The zero-order valence-electron chi connectivity index (χ0n) is 15.0. The van der Waals surface area contributed by atoms with Gasteiger partial charge in [-0.25, -0.2) is 13.6 Å². The minimum atomic E-state index is -1.35. The average molecular weight is 395 g/mol. The fourth-order valence-corrected chi connectivity index (χ4v) is 4.43. The first kappa shape index (κ1) is 18.3. The summed E-state index contributed by atoms with van der Waals surface area (Å²) in [6, 6.07) is 17.3. The highest BCUT2D eigenvalue weighted by molar-refractivity contribution is 7.86. The molecule has 0 fully saturated rings. The monoisotopic (exact) mass is 395 g/mol. The Bertz CT molecular complexity index is 1020. The molecule has 0 saturated carbocycles. The Morgan fingerprint density at radius 2 is 1.86 bits per heavy atom. The normalized spacial score (nSPS) is 14.2. The van der Waals surface area contributed by atoms with Crippen molar-refractivity contribution in [3.8, 4) is 0 Å². The number of aromatic nitrogens is 1. The molecule has 7 heteroatoms. The summed E-state index contributed by atoms with van der Waals surface area (Å²) < 4.78 is 27.9. The van der Waals surface area contributed by atoms with Crippen LogP contribution in [0, 0.1) is 5.82 Å². The summed E-state index contributed by atoms with van der Waals surface area (Å²) in [5.41, 5.74) is 2.60. The molecule has 2 heterocycles. The van der Waals surface area contributed by atoms with E-state index in [4.69, 9.17) is 0 Å². The maximum absolute atomic E-state index is 13.1. The van der Waals surface area contributed by atoms with Crippen LogP contribution >= 0.6 is 0 Å². The number of pyridine rings is 1. The van der Waals surface area contributed by atoms with Gasteiger partial charge in [-0.3, -0.25) is 9.10 Å². The molecule has 0 aliphatic carbocycles. The first-order valence-corrected chi connectivity index (χ1v) is 10.0. The van der Waals surface area contributed by atoms with Crippen LogP contribution in [0.4, 0.5) is 15.9 Å². The summed E-state index contributed by atoms with van der Waals surface area (Å²) in [6.07, 6.45) is 2.98. The van der Waals surface area contributed by atoms with Crippen LogP contribution in [0.5, 0.6) is 0 Å². The second-order valence-electron chi connectivity index (χ2n) is 6.42. The van der Waals surface area contributed by atoms with E-state index in [-0.39, 0.29) is 11.7 Å². The van der Waals surface area contributed by atoms with Gasteiger partial charge in [0.15, 0.2) is 11.0 Å². The first-order chi connectivity index (χ1) is 13.6. The number of hydrogen-bond acceptors (Lipinski definition) is 3. The van der Waals surface area contributed by atoms with E-state index in [1.54, 1.807) is 24.3 Å². The van der Waals surface area contributed by atoms with Gasteiger partial charge in [0.1, 0.15) is 11.6 Å². The molecule has 0 radical (unpaired) electrons. The standard InChI is InChI=1S/C21H18FN3O2S/c22-17-9-12-20(23-14-17)24-21(26)16-7-10-18(11-8-16)28(27)25-13-3-5-15-4-1-2-6-19(15)25/h1-2,4,6-12,14H,3,5,13H2,(H,23,24,26). The van der Waals surface area contributed by atoms with Gasteiger partial charge < -0.3 is 5.32 Å². The molecule has 2 aromatic carbocycles. The number of hydrogen-bond donors (Lipinski definition) is 1. The Balaban J connectivity index is 1.49. The Morgan fingerprint density at radius 3 is 2.61 bits per heavy atom. The molecule has 3 aromatic rings. The second-order valence-corrected chi connectivity index (χ2v) is 7.83. The van der Waals surface area contributed by atoms with E-state index in [0.717, 1.165) is 31.3 Å². The molecule has 0 spiro atoms. The van der Waals surface area contributed by atoms with Crippen molar-refractivity contribution in [2.75, 3.05) is 16.2 Å². The fourth-order valence-electron chi connectivity index (χ4n) is 3.16. The molecule has 1 atom stereocenters. The summed E-state index contributed by atoms with van der Waals surface area (Å²) in [4.78, 5) is 16.8. The van der Waals surface area contributed by atoms with Crippen molar-refractivity contribution in [3.05, 3.63) is 83.8 Å². The lowest BCUT2D eigenvalue weighted by Gasteiger charge is -2.29. The zero-order valence-corrected chi connectivity index (χ0v) is 15.8. The molecule has 1 aliphatic rings. The topological polar surface area (TPSA) is 62.3 Å². The van der Waals surface area contributed by atoms with Crippen molar-refractivity contribution < 1.29 is 13.4 Å². The predicted molar refractivity (Wildman–Crippen MR) is 107 cm³/mol. The molecule has 5 nitrogen and oxygen atoms in total. The average Bonchev–Trinajstić information content (AvgIpc) is 2.74. The van der Waals surface area contributed by atoms with Gasteiger partial charge in [-0.2, -0.15) is 0 Å². The van der Waals surface area contributed by atoms with Crippen molar-refractivity contribution in [3.63, 3.8) is 0 Å². The third-order valence-electron chi connectivity index (χ3n) is 4.55. The zero-order chi connectivity index (χ0) is 19.5. The summed E-state index contributed by atoms with van der Waals surface area (Å²) >= 11 is 0. The Morgan fingerprint density at radius 1 is 1.07 bits per heavy atom. The van der Waals surface area contributed by atoms with Crippen LogP contribution in [0.1, 0.15) is 22.3 Å². The molecule has 28 heavy (non-hydrogen) atoms. The van der Waals surface area contributed by atoms with Gasteiger partial charge in [0.05, 0.1) is 16.8 Å². The van der Waals surface area contributed by atoms with Gasteiger partial charge in [0.2, 0.25) is 0 Å². The number of carbonyl (C=O) groups excluding carboxylic acids is 1.